The largest absolute Gasteiger partial charge is 2.00 e. The Labute approximate surface area is 132 Å². The third-order valence-electron chi connectivity index (χ3n) is 2.02. The predicted molar refractivity (Wildman–Crippen MR) is 65.3 cm³/mol. The zero-order valence-corrected chi connectivity index (χ0v) is 14.7. The van der Waals surface area contributed by atoms with E-state index >= 15 is 0 Å². The van der Waals surface area contributed by atoms with E-state index in [2.05, 4.69) is 11.4 Å². The van der Waals surface area contributed by atoms with Gasteiger partial charge in [0.05, 0.1) is 6.42 Å². The molecule has 0 aromatic heterocycles. The first-order chi connectivity index (χ1) is 7.58. The average Bonchev–Trinajstić information content (AvgIpc) is 2.17. The fraction of sp³-hybridized carbons (Fsp3) is 0.308. The van der Waals surface area contributed by atoms with E-state index in [1.54, 1.807) is 19.1 Å². The quantitative estimate of drug-likeness (QED) is 0.637. The summed E-state index contributed by atoms with van der Waals surface area (Å²) in [6, 6.07) is 9.66. The van der Waals surface area contributed by atoms with E-state index < -0.39 is 5.97 Å². The van der Waals surface area contributed by atoms with Gasteiger partial charge in [-0.1, -0.05) is 0 Å². The summed E-state index contributed by atoms with van der Waals surface area (Å²) in [5, 5.41) is 11.2. The average molecular weight is 473 g/mol. The van der Waals surface area contributed by atoms with Crippen LogP contribution < -0.4 is 5.32 Å². The summed E-state index contributed by atoms with van der Waals surface area (Å²) in [5.74, 6) is -1.09. The molecule has 0 heterocycles. The maximum atomic E-state index is 11.5. The fourth-order valence-electron chi connectivity index (χ4n) is 1.36. The molecule has 0 aliphatic rings. The Morgan fingerprint density at radius 2 is 2.17 bits per heavy atom. The number of carboxylic acids is 1. The van der Waals surface area contributed by atoms with Gasteiger partial charge in [-0.15, -0.1) is 5.56 Å². The molecule has 1 rings (SSSR count). The molecule has 1 unspecified atom stereocenters. The normalized spacial score (nSPS) is 10.5. The Kier molecular flexibility index (Phi) is 11.0. The molecule has 5 heteroatoms. The molecule has 2 N–H and O–H groups in total. The van der Waals surface area contributed by atoms with Gasteiger partial charge in [-0.25, -0.2) is 0 Å². The van der Waals surface area contributed by atoms with E-state index in [4.69, 9.17) is 5.11 Å². The fourth-order valence-corrected chi connectivity index (χ4v) is 1.36. The van der Waals surface area contributed by atoms with E-state index in [0.29, 0.717) is 0 Å². The van der Waals surface area contributed by atoms with Crippen molar-refractivity contribution >= 4 is 11.9 Å². The molecule has 1 aromatic carbocycles. The summed E-state index contributed by atoms with van der Waals surface area (Å²) in [6.07, 6.45) is 0.188. The second kappa shape index (κ2) is 10.2. The predicted octanol–water partition coefficient (Wildman–Crippen LogP) is 1.46. The van der Waals surface area contributed by atoms with Crippen LogP contribution in [0.4, 0.5) is 0 Å². The van der Waals surface area contributed by atoms with E-state index in [9.17, 15) is 9.59 Å². The number of carbonyl (C=O) groups is 2. The zero-order chi connectivity index (χ0) is 12.0. The molecule has 0 bridgehead atoms. The Morgan fingerprint density at radius 1 is 1.50 bits per heavy atom. The summed E-state index contributed by atoms with van der Waals surface area (Å²) < 4.78 is 0. The molecule has 0 spiro atoms. The number of aliphatic carboxylic acids is 1. The number of hydrogen-bond acceptors (Lipinski definition) is 2. The molecule has 1 atom stereocenters. The molecule has 1 amide bonds. The second-order valence-corrected chi connectivity index (χ2v) is 3.65. The summed E-state index contributed by atoms with van der Waals surface area (Å²) in [5.41, 5.74) is 0.863. The van der Waals surface area contributed by atoms with E-state index in [0.717, 1.165) is 5.56 Å². The van der Waals surface area contributed by atoms with Crippen LogP contribution in [0.2, 0.25) is 0 Å². The molecule has 0 fully saturated rings. The van der Waals surface area contributed by atoms with Crippen molar-refractivity contribution in [1.29, 1.82) is 0 Å². The summed E-state index contributed by atoms with van der Waals surface area (Å²) in [7, 11) is 0. The number of carboxylic acid groups (broad SMARTS) is 1. The van der Waals surface area contributed by atoms with E-state index in [1.807, 2.05) is 12.1 Å². The van der Waals surface area contributed by atoms with Crippen LogP contribution in [0.3, 0.4) is 0 Å². The summed E-state index contributed by atoms with van der Waals surface area (Å²) in [6.45, 7) is 1.67. The molecule has 0 aliphatic heterocycles. The Hall–Kier alpha value is -0.788. The number of nitrogens with one attached hydrogen (secondary N) is 1. The third kappa shape index (κ3) is 8.32. The number of carbonyl (C=O) groups excluding carboxylic acids is 1. The molecule has 4 nitrogen and oxygen atoms in total. The van der Waals surface area contributed by atoms with Gasteiger partial charge in [0.15, 0.2) is 0 Å². The van der Waals surface area contributed by atoms with Crippen molar-refractivity contribution < 1.29 is 45.8 Å². The SMILES string of the molecule is CC(CC(=O)O)NC(=O)Cc1c[c-]ccc1.[CH3-].[U+2]. The van der Waals surface area contributed by atoms with Crippen LogP contribution in [-0.2, 0) is 16.0 Å². The van der Waals surface area contributed by atoms with Crippen molar-refractivity contribution in [2.45, 2.75) is 25.8 Å². The molecule has 18 heavy (non-hydrogen) atoms. The van der Waals surface area contributed by atoms with Gasteiger partial charge in [0.1, 0.15) is 0 Å². The maximum absolute atomic E-state index is 11.5. The Balaban J connectivity index is 0. The maximum Gasteiger partial charge on any atom is 2.00 e. The molecule has 0 saturated carbocycles. The molecular formula is C13H17NO3U. The Bertz CT molecular complexity index is 368. The van der Waals surface area contributed by atoms with Crippen molar-refractivity contribution in [2.75, 3.05) is 0 Å². The molecule has 0 radical (unpaired) electrons. The van der Waals surface area contributed by atoms with Crippen LogP contribution in [0, 0.1) is 44.6 Å². The van der Waals surface area contributed by atoms with Gasteiger partial charge in [-0.3, -0.25) is 9.59 Å². The molecule has 0 saturated heterocycles. The molecular weight excluding hydrogens is 456 g/mol. The number of benzene rings is 1. The molecule has 96 valence electrons. The van der Waals surface area contributed by atoms with Gasteiger partial charge in [0.2, 0.25) is 5.91 Å². The first-order valence-electron chi connectivity index (χ1n) is 5.04. The van der Waals surface area contributed by atoms with Crippen LogP contribution >= 0.6 is 0 Å². The van der Waals surface area contributed by atoms with Gasteiger partial charge in [0.25, 0.3) is 0 Å². The van der Waals surface area contributed by atoms with E-state index in [-0.39, 0.29) is 63.3 Å². The minimum Gasteiger partial charge on any atom is -0.481 e. The minimum absolute atomic E-state index is 0. The first kappa shape index (κ1) is 19.5. The van der Waals surface area contributed by atoms with Crippen LogP contribution in [0.15, 0.2) is 24.3 Å². The summed E-state index contributed by atoms with van der Waals surface area (Å²) >= 11 is 0. The van der Waals surface area contributed by atoms with Gasteiger partial charge in [-0.2, -0.15) is 30.3 Å². The third-order valence-corrected chi connectivity index (χ3v) is 2.02. The monoisotopic (exact) mass is 473 g/mol. The number of amides is 1. The first-order valence-corrected chi connectivity index (χ1v) is 5.04. The van der Waals surface area contributed by atoms with Crippen molar-refractivity contribution in [3.8, 4) is 0 Å². The van der Waals surface area contributed by atoms with Crippen LogP contribution in [0.25, 0.3) is 0 Å². The minimum atomic E-state index is -0.916. The molecule has 0 aliphatic carbocycles. The van der Waals surface area contributed by atoms with Gasteiger partial charge in [-0.05, 0) is 6.92 Å². The van der Waals surface area contributed by atoms with Crippen molar-refractivity contribution in [3.63, 3.8) is 0 Å². The van der Waals surface area contributed by atoms with Crippen LogP contribution in [-0.4, -0.2) is 23.0 Å². The standard InChI is InChI=1S/C12H14NO3.CH3.U/c1-9(7-12(15)16)13-11(14)8-10-5-3-2-4-6-10;;/h2-3,5-6,9H,7-8H2,1H3,(H,13,14)(H,15,16);1H3;/q2*-1;+2. The number of rotatable bonds is 5. The second-order valence-electron chi connectivity index (χ2n) is 3.65. The van der Waals surface area contributed by atoms with Gasteiger partial charge in [0, 0.05) is 12.5 Å². The summed E-state index contributed by atoms with van der Waals surface area (Å²) in [4.78, 5) is 21.9. The van der Waals surface area contributed by atoms with Crippen molar-refractivity contribution in [1.82, 2.24) is 5.32 Å². The molecule has 1 aromatic rings. The van der Waals surface area contributed by atoms with Crippen LogP contribution in [0.1, 0.15) is 18.9 Å². The van der Waals surface area contributed by atoms with Gasteiger partial charge < -0.3 is 17.8 Å². The van der Waals surface area contributed by atoms with Crippen LogP contribution in [0.5, 0.6) is 0 Å². The van der Waals surface area contributed by atoms with E-state index in [1.165, 1.54) is 0 Å². The number of hydrogen-bond donors (Lipinski definition) is 2. The Morgan fingerprint density at radius 3 is 2.67 bits per heavy atom. The van der Waals surface area contributed by atoms with Gasteiger partial charge >= 0.3 is 37.1 Å². The van der Waals surface area contributed by atoms with Crippen molar-refractivity contribution in [2.24, 2.45) is 0 Å². The van der Waals surface area contributed by atoms with Crippen molar-refractivity contribution in [3.05, 3.63) is 43.3 Å². The zero-order valence-electron chi connectivity index (χ0n) is 10.6. The smallest absolute Gasteiger partial charge is 0.481 e. The topological polar surface area (TPSA) is 66.4 Å².